The van der Waals surface area contributed by atoms with Gasteiger partial charge in [-0.25, -0.2) is 0 Å². The Labute approximate surface area is 153 Å². The van der Waals surface area contributed by atoms with E-state index in [2.05, 4.69) is 93.6 Å². The normalized spacial score (nSPS) is 11.4. The number of hydrogen-bond donors (Lipinski definition) is 0. The molecule has 0 aliphatic rings. The number of hydrogen-bond acceptors (Lipinski definition) is 0. The van der Waals surface area contributed by atoms with Crippen LogP contribution >= 0.6 is 0 Å². The first-order chi connectivity index (χ1) is 12.2. The van der Waals surface area contributed by atoms with E-state index >= 15 is 0 Å². The molecule has 1 atom stereocenters. The predicted octanol–water partition coefficient (Wildman–Crippen LogP) is 7.87. The smallest absolute Gasteiger partial charge is 0.0146 e. The van der Waals surface area contributed by atoms with E-state index in [-0.39, 0.29) is 0 Å². The SMILES string of the molecule is CC.CCC(C)c1c(C)cccc1-c1cccc(-c2ccccc2)c1. The molecule has 25 heavy (non-hydrogen) atoms. The molecule has 0 aliphatic carbocycles. The summed E-state index contributed by atoms with van der Waals surface area (Å²) in [6.07, 6.45) is 1.16. The van der Waals surface area contributed by atoms with Crippen LogP contribution in [0.5, 0.6) is 0 Å². The van der Waals surface area contributed by atoms with Gasteiger partial charge in [0.1, 0.15) is 0 Å². The summed E-state index contributed by atoms with van der Waals surface area (Å²) in [5.41, 5.74) is 8.11. The lowest BCUT2D eigenvalue weighted by molar-refractivity contribution is 0.730. The number of benzene rings is 3. The van der Waals surface area contributed by atoms with E-state index in [0.717, 1.165) is 6.42 Å². The van der Waals surface area contributed by atoms with E-state index in [0.29, 0.717) is 5.92 Å². The zero-order valence-electron chi connectivity index (χ0n) is 16.2. The van der Waals surface area contributed by atoms with Gasteiger partial charge in [-0.05, 0) is 58.7 Å². The average Bonchev–Trinajstić information content (AvgIpc) is 2.69. The molecule has 0 spiro atoms. The number of aryl methyl sites for hydroxylation is 1. The van der Waals surface area contributed by atoms with Crippen molar-refractivity contribution in [2.75, 3.05) is 0 Å². The van der Waals surface area contributed by atoms with Gasteiger partial charge in [0, 0.05) is 0 Å². The Hall–Kier alpha value is -2.34. The lowest BCUT2D eigenvalue weighted by atomic mass is 9.86. The van der Waals surface area contributed by atoms with Gasteiger partial charge >= 0.3 is 0 Å². The highest BCUT2D eigenvalue weighted by atomic mass is 14.2. The summed E-state index contributed by atoms with van der Waals surface area (Å²) in [7, 11) is 0. The van der Waals surface area contributed by atoms with Crippen LogP contribution in [0, 0.1) is 6.92 Å². The minimum absolute atomic E-state index is 0.576. The largest absolute Gasteiger partial charge is 0.0683 e. The van der Waals surface area contributed by atoms with E-state index in [1.54, 1.807) is 0 Å². The van der Waals surface area contributed by atoms with Crippen molar-refractivity contribution >= 4 is 0 Å². The molecule has 0 heterocycles. The summed E-state index contributed by atoms with van der Waals surface area (Å²) in [5, 5.41) is 0. The van der Waals surface area contributed by atoms with Gasteiger partial charge in [-0.2, -0.15) is 0 Å². The minimum Gasteiger partial charge on any atom is -0.0683 e. The molecule has 3 aromatic carbocycles. The van der Waals surface area contributed by atoms with Crippen molar-refractivity contribution in [1.29, 1.82) is 0 Å². The van der Waals surface area contributed by atoms with E-state index in [1.807, 2.05) is 13.8 Å². The van der Waals surface area contributed by atoms with Crippen LogP contribution in [0.25, 0.3) is 22.3 Å². The summed E-state index contributed by atoms with van der Waals surface area (Å²) in [6, 6.07) is 26.2. The van der Waals surface area contributed by atoms with Crippen LogP contribution in [0.4, 0.5) is 0 Å². The zero-order valence-corrected chi connectivity index (χ0v) is 16.2. The Morgan fingerprint density at radius 3 is 2.00 bits per heavy atom. The second-order valence-electron chi connectivity index (χ2n) is 6.29. The first-order valence-corrected chi connectivity index (χ1v) is 9.46. The van der Waals surface area contributed by atoms with Crippen molar-refractivity contribution in [3.63, 3.8) is 0 Å². The van der Waals surface area contributed by atoms with Gasteiger partial charge < -0.3 is 0 Å². The fourth-order valence-electron chi connectivity index (χ4n) is 3.29. The fourth-order valence-corrected chi connectivity index (χ4v) is 3.29. The third-order valence-electron chi connectivity index (χ3n) is 4.71. The summed E-state index contributed by atoms with van der Waals surface area (Å²) in [4.78, 5) is 0. The second-order valence-corrected chi connectivity index (χ2v) is 6.29. The molecule has 0 amide bonds. The Bertz CT molecular complexity index is 784. The van der Waals surface area contributed by atoms with Crippen molar-refractivity contribution in [3.8, 4) is 22.3 Å². The fraction of sp³-hybridized carbons (Fsp3) is 0.280. The van der Waals surface area contributed by atoms with Gasteiger partial charge in [-0.3, -0.25) is 0 Å². The van der Waals surface area contributed by atoms with Crippen LogP contribution in [0.15, 0.2) is 72.8 Å². The van der Waals surface area contributed by atoms with E-state index < -0.39 is 0 Å². The Kier molecular flexibility index (Phi) is 7.01. The maximum Gasteiger partial charge on any atom is -0.0146 e. The number of rotatable bonds is 4. The molecule has 130 valence electrons. The third-order valence-corrected chi connectivity index (χ3v) is 4.71. The Balaban J connectivity index is 0.00000109. The Morgan fingerprint density at radius 2 is 1.32 bits per heavy atom. The van der Waals surface area contributed by atoms with Crippen molar-refractivity contribution in [1.82, 2.24) is 0 Å². The summed E-state index contributed by atoms with van der Waals surface area (Å²) < 4.78 is 0. The zero-order chi connectivity index (χ0) is 18.2. The minimum atomic E-state index is 0.576. The van der Waals surface area contributed by atoms with E-state index in [9.17, 15) is 0 Å². The second kappa shape index (κ2) is 9.22. The standard InChI is InChI=1S/C23H24.C2H6/c1-4-17(2)23-18(3)10-8-15-22(23)21-14-9-13-20(16-21)19-11-6-5-7-12-19;1-2/h5-17H,4H2,1-3H3;1-2H3. The van der Waals surface area contributed by atoms with Crippen molar-refractivity contribution in [3.05, 3.63) is 83.9 Å². The molecule has 3 rings (SSSR count). The highest BCUT2D eigenvalue weighted by Crippen LogP contribution is 2.35. The van der Waals surface area contributed by atoms with Gasteiger partial charge in [0.2, 0.25) is 0 Å². The van der Waals surface area contributed by atoms with E-state index in [1.165, 1.54) is 33.4 Å². The monoisotopic (exact) mass is 330 g/mol. The molecule has 0 aromatic heterocycles. The van der Waals surface area contributed by atoms with Crippen LogP contribution in [-0.4, -0.2) is 0 Å². The van der Waals surface area contributed by atoms with Crippen LogP contribution in [0.2, 0.25) is 0 Å². The highest BCUT2D eigenvalue weighted by molar-refractivity contribution is 5.75. The molecule has 0 aliphatic heterocycles. The molecule has 0 N–H and O–H groups in total. The maximum atomic E-state index is 2.33. The molecule has 0 nitrogen and oxygen atoms in total. The van der Waals surface area contributed by atoms with Gasteiger partial charge in [0.25, 0.3) is 0 Å². The van der Waals surface area contributed by atoms with Gasteiger partial charge in [0.15, 0.2) is 0 Å². The first-order valence-electron chi connectivity index (χ1n) is 9.46. The summed E-state index contributed by atoms with van der Waals surface area (Å²) >= 11 is 0. The molecule has 3 aromatic rings. The molecular weight excluding hydrogens is 300 g/mol. The maximum absolute atomic E-state index is 2.33. The highest BCUT2D eigenvalue weighted by Gasteiger charge is 2.13. The molecule has 0 heteroatoms. The van der Waals surface area contributed by atoms with Crippen LogP contribution in [0.3, 0.4) is 0 Å². The van der Waals surface area contributed by atoms with Gasteiger partial charge in [-0.15, -0.1) is 0 Å². The molecular formula is C25H30. The topological polar surface area (TPSA) is 0 Å². The quantitative estimate of drug-likeness (QED) is 0.456. The van der Waals surface area contributed by atoms with Crippen molar-refractivity contribution < 1.29 is 0 Å². The summed E-state index contributed by atoms with van der Waals surface area (Å²) in [5.74, 6) is 0.576. The van der Waals surface area contributed by atoms with Crippen molar-refractivity contribution in [2.45, 2.75) is 47.0 Å². The molecule has 0 saturated carbocycles. The predicted molar refractivity (Wildman–Crippen MR) is 112 cm³/mol. The average molecular weight is 331 g/mol. The molecule has 0 radical (unpaired) electrons. The molecule has 0 fully saturated rings. The lowest BCUT2D eigenvalue weighted by Crippen LogP contribution is -1.98. The molecule has 0 bridgehead atoms. The molecule has 1 unspecified atom stereocenters. The summed E-state index contributed by atoms with van der Waals surface area (Å²) in [6.45, 7) is 10.8. The third kappa shape index (κ3) is 4.39. The van der Waals surface area contributed by atoms with Crippen LogP contribution < -0.4 is 0 Å². The molecule has 0 saturated heterocycles. The van der Waals surface area contributed by atoms with Gasteiger partial charge in [0.05, 0.1) is 0 Å². The van der Waals surface area contributed by atoms with Crippen LogP contribution in [0.1, 0.15) is 51.2 Å². The van der Waals surface area contributed by atoms with Crippen molar-refractivity contribution in [2.24, 2.45) is 0 Å². The lowest BCUT2D eigenvalue weighted by Gasteiger charge is -2.18. The van der Waals surface area contributed by atoms with E-state index in [4.69, 9.17) is 0 Å². The van der Waals surface area contributed by atoms with Gasteiger partial charge in [-0.1, -0.05) is 94.4 Å². The van der Waals surface area contributed by atoms with Crippen LogP contribution in [-0.2, 0) is 0 Å². The Morgan fingerprint density at radius 1 is 0.720 bits per heavy atom. The first kappa shape index (κ1) is 19.0.